The van der Waals surface area contributed by atoms with Gasteiger partial charge in [0.15, 0.2) is 0 Å². The molecule has 0 spiro atoms. The molecular weight excluding hydrogens is 235 g/mol. The summed E-state index contributed by atoms with van der Waals surface area (Å²) in [6.07, 6.45) is -3.07. The predicted molar refractivity (Wildman–Crippen MR) is 53.0 cm³/mol. The first-order chi connectivity index (χ1) is 7.95. The number of hydrogen-bond acceptors (Lipinski definition) is 2. The Bertz CT molecular complexity index is 504. The van der Waals surface area contributed by atoms with Crippen LogP contribution in [-0.2, 0) is 4.74 Å². The molecule has 1 heterocycles. The third kappa shape index (κ3) is 1.80. The fourth-order valence-corrected chi connectivity index (χ4v) is 1.59. The molecule has 0 radical (unpaired) electrons. The zero-order valence-electron chi connectivity index (χ0n) is 8.36. The SMILES string of the molecule is C#CN1C(=O)OC(C(F)(F)F)c2ccccc21. The minimum atomic E-state index is -4.66. The summed E-state index contributed by atoms with van der Waals surface area (Å²) < 4.78 is 42.3. The van der Waals surface area contributed by atoms with Crippen molar-refractivity contribution in [2.45, 2.75) is 12.3 Å². The van der Waals surface area contributed by atoms with Gasteiger partial charge in [-0.3, -0.25) is 0 Å². The number of benzene rings is 1. The highest BCUT2D eigenvalue weighted by Crippen LogP contribution is 2.43. The number of halogens is 3. The molecule has 1 unspecified atom stereocenters. The predicted octanol–water partition coefficient (Wildman–Crippen LogP) is 2.84. The van der Waals surface area contributed by atoms with Crippen LogP contribution in [0.4, 0.5) is 23.7 Å². The number of rotatable bonds is 0. The normalized spacial score (nSPS) is 19.3. The maximum absolute atomic E-state index is 12.7. The molecular formula is C11H6F3NO2. The molecule has 17 heavy (non-hydrogen) atoms. The molecule has 1 atom stereocenters. The second kappa shape index (κ2) is 3.70. The van der Waals surface area contributed by atoms with E-state index in [0.717, 1.165) is 0 Å². The summed E-state index contributed by atoms with van der Waals surface area (Å²) in [4.78, 5) is 12.0. The summed E-state index contributed by atoms with van der Waals surface area (Å²) >= 11 is 0. The Kier molecular flexibility index (Phi) is 2.46. The first kappa shape index (κ1) is 11.3. The lowest BCUT2D eigenvalue weighted by Gasteiger charge is -2.31. The van der Waals surface area contributed by atoms with Gasteiger partial charge in [-0.1, -0.05) is 24.6 Å². The number of hydrogen-bond donors (Lipinski definition) is 0. The number of cyclic esters (lactones) is 1. The van der Waals surface area contributed by atoms with Crippen molar-refractivity contribution in [3.8, 4) is 12.5 Å². The van der Waals surface area contributed by atoms with Gasteiger partial charge in [-0.2, -0.15) is 13.2 Å². The fourth-order valence-electron chi connectivity index (χ4n) is 1.59. The second-order valence-electron chi connectivity index (χ2n) is 3.33. The van der Waals surface area contributed by atoms with Crippen molar-refractivity contribution in [1.82, 2.24) is 0 Å². The highest BCUT2D eigenvalue weighted by atomic mass is 19.4. The average Bonchev–Trinajstić information content (AvgIpc) is 2.27. The maximum atomic E-state index is 12.7. The van der Waals surface area contributed by atoms with E-state index in [4.69, 9.17) is 6.42 Å². The number of carbonyl (C=O) groups is 1. The monoisotopic (exact) mass is 241 g/mol. The number of alkyl halides is 3. The summed E-state index contributed by atoms with van der Waals surface area (Å²) in [7, 11) is 0. The van der Waals surface area contributed by atoms with Gasteiger partial charge in [0.1, 0.15) is 0 Å². The Morgan fingerprint density at radius 1 is 1.35 bits per heavy atom. The zero-order valence-corrected chi connectivity index (χ0v) is 8.36. The molecule has 1 aromatic carbocycles. The summed E-state index contributed by atoms with van der Waals surface area (Å²) in [6.45, 7) is 0. The van der Waals surface area contributed by atoms with E-state index in [1.54, 1.807) is 0 Å². The van der Waals surface area contributed by atoms with Crippen LogP contribution in [0.2, 0.25) is 0 Å². The van der Waals surface area contributed by atoms with Crippen molar-refractivity contribution < 1.29 is 22.7 Å². The molecule has 0 aromatic heterocycles. The van der Waals surface area contributed by atoms with Crippen LogP contribution in [-0.4, -0.2) is 12.3 Å². The Hall–Kier alpha value is -2.16. The Balaban J connectivity index is 2.58. The van der Waals surface area contributed by atoms with Crippen LogP contribution in [0.25, 0.3) is 0 Å². The fraction of sp³-hybridized carbons (Fsp3) is 0.182. The summed E-state index contributed by atoms with van der Waals surface area (Å²) in [5, 5.41) is 0. The van der Waals surface area contributed by atoms with Crippen LogP contribution in [0.15, 0.2) is 24.3 Å². The van der Waals surface area contributed by atoms with E-state index in [9.17, 15) is 18.0 Å². The number of carbonyl (C=O) groups excluding carboxylic acids is 1. The quantitative estimate of drug-likeness (QED) is 0.653. The van der Waals surface area contributed by atoms with Crippen molar-refractivity contribution in [1.29, 1.82) is 0 Å². The van der Waals surface area contributed by atoms with Gasteiger partial charge < -0.3 is 4.74 Å². The van der Waals surface area contributed by atoms with Gasteiger partial charge in [-0.15, -0.1) is 0 Å². The van der Waals surface area contributed by atoms with Gasteiger partial charge in [0.05, 0.1) is 5.69 Å². The molecule has 0 N–H and O–H groups in total. The molecule has 0 bridgehead atoms. The van der Waals surface area contributed by atoms with E-state index >= 15 is 0 Å². The van der Waals surface area contributed by atoms with E-state index < -0.39 is 18.4 Å². The number of nitrogens with zero attached hydrogens (tertiary/aromatic N) is 1. The van der Waals surface area contributed by atoms with Crippen molar-refractivity contribution in [2.75, 3.05) is 4.90 Å². The zero-order chi connectivity index (χ0) is 12.6. The van der Waals surface area contributed by atoms with Crippen LogP contribution < -0.4 is 4.90 Å². The molecule has 0 saturated carbocycles. The molecule has 88 valence electrons. The van der Waals surface area contributed by atoms with E-state index in [1.807, 2.05) is 6.04 Å². The van der Waals surface area contributed by atoms with Gasteiger partial charge in [-0.05, 0) is 6.07 Å². The van der Waals surface area contributed by atoms with E-state index in [0.29, 0.717) is 4.90 Å². The lowest BCUT2D eigenvalue weighted by molar-refractivity contribution is -0.206. The molecule has 6 heteroatoms. The van der Waals surface area contributed by atoms with Gasteiger partial charge in [0, 0.05) is 11.6 Å². The largest absolute Gasteiger partial charge is 0.430 e. The summed E-state index contributed by atoms with van der Waals surface area (Å²) in [6, 6.07) is 7.46. The lowest BCUT2D eigenvalue weighted by Crippen LogP contribution is -2.38. The first-order valence-electron chi connectivity index (χ1n) is 4.58. The Labute approximate surface area is 94.8 Å². The third-order valence-corrected chi connectivity index (χ3v) is 2.29. The minimum absolute atomic E-state index is 0.0218. The third-order valence-electron chi connectivity index (χ3n) is 2.29. The number of ether oxygens (including phenoxy) is 1. The van der Waals surface area contributed by atoms with Crippen LogP contribution >= 0.6 is 0 Å². The van der Waals surface area contributed by atoms with E-state index in [1.165, 1.54) is 24.3 Å². The number of fused-ring (bicyclic) bond motifs is 1. The lowest BCUT2D eigenvalue weighted by atomic mass is 10.0. The number of terminal acetylenes is 1. The van der Waals surface area contributed by atoms with Crippen LogP contribution in [0.5, 0.6) is 0 Å². The van der Waals surface area contributed by atoms with Crippen molar-refractivity contribution in [2.24, 2.45) is 0 Å². The van der Waals surface area contributed by atoms with Gasteiger partial charge >= 0.3 is 12.3 Å². The van der Waals surface area contributed by atoms with Gasteiger partial charge in [-0.25, -0.2) is 9.69 Å². The average molecular weight is 241 g/mol. The molecule has 1 amide bonds. The highest BCUT2D eigenvalue weighted by Gasteiger charge is 2.49. The van der Waals surface area contributed by atoms with Crippen molar-refractivity contribution in [3.05, 3.63) is 29.8 Å². The minimum Gasteiger partial charge on any atom is -0.430 e. The topological polar surface area (TPSA) is 29.5 Å². The molecule has 3 nitrogen and oxygen atoms in total. The standard InChI is InChI=1S/C11H6F3NO2/c1-2-15-8-6-4-3-5-7(8)9(11(12,13)14)17-10(15)16/h1,3-6,9H. The molecule has 0 fully saturated rings. The number of para-hydroxylation sites is 1. The number of anilines is 1. The molecule has 1 aliphatic rings. The molecule has 0 aliphatic carbocycles. The number of amides is 1. The van der Waals surface area contributed by atoms with Gasteiger partial charge in [0.25, 0.3) is 0 Å². The molecule has 2 rings (SSSR count). The Morgan fingerprint density at radius 3 is 2.59 bits per heavy atom. The van der Waals surface area contributed by atoms with Crippen LogP contribution in [0.1, 0.15) is 11.7 Å². The highest BCUT2D eigenvalue weighted by molar-refractivity contribution is 5.94. The summed E-state index contributed by atoms with van der Waals surface area (Å²) in [5.41, 5.74) is -0.147. The molecule has 0 saturated heterocycles. The van der Waals surface area contributed by atoms with Crippen molar-refractivity contribution in [3.63, 3.8) is 0 Å². The summed E-state index contributed by atoms with van der Waals surface area (Å²) in [5.74, 6) is 0. The second-order valence-corrected chi connectivity index (χ2v) is 3.33. The van der Waals surface area contributed by atoms with E-state index in [2.05, 4.69) is 4.74 Å². The van der Waals surface area contributed by atoms with Gasteiger partial charge in [0.2, 0.25) is 6.10 Å². The van der Waals surface area contributed by atoms with Crippen LogP contribution in [0, 0.1) is 12.5 Å². The van der Waals surface area contributed by atoms with Crippen LogP contribution in [0.3, 0.4) is 0 Å². The molecule has 1 aliphatic heterocycles. The Morgan fingerprint density at radius 2 is 2.00 bits per heavy atom. The smallest absolute Gasteiger partial charge is 0.430 e. The molecule has 1 aromatic rings. The van der Waals surface area contributed by atoms with Crippen molar-refractivity contribution >= 4 is 11.8 Å². The first-order valence-corrected chi connectivity index (χ1v) is 4.58. The van der Waals surface area contributed by atoms with E-state index in [-0.39, 0.29) is 11.3 Å². The maximum Gasteiger partial charge on any atom is 0.430 e.